The molecule has 0 spiro atoms. The molecule has 0 saturated carbocycles. The molecule has 4 rings (SSSR count). The third-order valence-corrected chi connectivity index (χ3v) is 4.49. The lowest BCUT2D eigenvalue weighted by Gasteiger charge is -2.18. The van der Waals surface area contributed by atoms with E-state index in [2.05, 4.69) is 57.1 Å². The van der Waals surface area contributed by atoms with Gasteiger partial charge in [0.2, 0.25) is 0 Å². The molecule has 0 fully saturated rings. The molecule has 2 aromatic rings. The van der Waals surface area contributed by atoms with Crippen molar-refractivity contribution in [3.05, 3.63) is 64.7 Å². The van der Waals surface area contributed by atoms with Gasteiger partial charge in [-0.2, -0.15) is 0 Å². The van der Waals surface area contributed by atoms with E-state index in [-0.39, 0.29) is 5.92 Å². The van der Waals surface area contributed by atoms with Crippen molar-refractivity contribution >= 4 is 38.5 Å². The van der Waals surface area contributed by atoms with E-state index in [1.165, 1.54) is 11.1 Å². The van der Waals surface area contributed by atoms with Gasteiger partial charge in [-0.25, -0.2) is 9.97 Å². The highest BCUT2D eigenvalue weighted by atomic mass is 79.9. The van der Waals surface area contributed by atoms with Crippen LogP contribution in [0.2, 0.25) is 0 Å². The molecule has 1 unspecified atom stereocenters. The Kier molecular flexibility index (Phi) is 2.86. The van der Waals surface area contributed by atoms with Gasteiger partial charge in [-0.1, -0.05) is 35.0 Å². The zero-order chi connectivity index (χ0) is 14.4. The maximum absolute atomic E-state index is 4.79. The molecule has 0 N–H and O–H groups in total. The van der Waals surface area contributed by atoms with Crippen molar-refractivity contribution in [2.24, 2.45) is 10.9 Å². The van der Waals surface area contributed by atoms with Crippen molar-refractivity contribution < 1.29 is 0 Å². The molecular formula is C17H12BrN3. The summed E-state index contributed by atoms with van der Waals surface area (Å²) in [4.78, 5) is 13.0. The molecule has 1 aliphatic carbocycles. The predicted molar refractivity (Wildman–Crippen MR) is 88.4 cm³/mol. The van der Waals surface area contributed by atoms with Crippen molar-refractivity contribution in [3.8, 4) is 0 Å². The van der Waals surface area contributed by atoms with Crippen LogP contribution in [0.1, 0.15) is 18.1 Å². The fraction of sp³-hybridized carbons (Fsp3) is 0.118. The Morgan fingerprint density at radius 2 is 1.95 bits per heavy atom. The fourth-order valence-corrected chi connectivity index (χ4v) is 3.43. The van der Waals surface area contributed by atoms with E-state index in [0.717, 1.165) is 27.0 Å². The molecule has 1 aliphatic heterocycles. The first kappa shape index (κ1) is 12.7. The Labute approximate surface area is 131 Å². The summed E-state index contributed by atoms with van der Waals surface area (Å²) < 4.78 is 1.09. The molecular weight excluding hydrogens is 326 g/mol. The van der Waals surface area contributed by atoms with Crippen molar-refractivity contribution in [1.29, 1.82) is 0 Å². The van der Waals surface area contributed by atoms with Gasteiger partial charge < -0.3 is 0 Å². The SMILES string of the molecule is CC1C=C(c2cncnc2)C=C2C1=Nc1cccc(Br)c12. The molecule has 0 amide bonds. The molecule has 102 valence electrons. The predicted octanol–water partition coefficient (Wildman–Crippen LogP) is 4.44. The smallest absolute Gasteiger partial charge is 0.115 e. The van der Waals surface area contributed by atoms with Crippen LogP contribution < -0.4 is 0 Å². The minimum absolute atomic E-state index is 0.277. The average molecular weight is 338 g/mol. The van der Waals surface area contributed by atoms with Crippen molar-refractivity contribution in [3.63, 3.8) is 0 Å². The van der Waals surface area contributed by atoms with Crippen LogP contribution in [0.5, 0.6) is 0 Å². The fourth-order valence-electron chi connectivity index (χ4n) is 2.86. The second kappa shape index (κ2) is 4.74. The summed E-state index contributed by atoms with van der Waals surface area (Å²) in [7, 11) is 0. The molecule has 1 atom stereocenters. The van der Waals surface area contributed by atoms with Gasteiger partial charge in [0.15, 0.2) is 0 Å². The Morgan fingerprint density at radius 1 is 1.14 bits per heavy atom. The normalized spacial score (nSPS) is 19.3. The van der Waals surface area contributed by atoms with Crippen molar-refractivity contribution in [2.45, 2.75) is 6.92 Å². The number of benzene rings is 1. The highest BCUT2D eigenvalue weighted by molar-refractivity contribution is 9.10. The second-order valence-electron chi connectivity index (χ2n) is 5.23. The number of hydrogen-bond acceptors (Lipinski definition) is 3. The van der Waals surface area contributed by atoms with Gasteiger partial charge in [-0.3, -0.25) is 4.99 Å². The second-order valence-corrected chi connectivity index (χ2v) is 6.08. The summed E-state index contributed by atoms with van der Waals surface area (Å²) in [5, 5.41) is 0. The number of halogens is 1. The highest BCUT2D eigenvalue weighted by Crippen LogP contribution is 2.44. The molecule has 0 bridgehead atoms. The Bertz CT molecular complexity index is 819. The van der Waals surface area contributed by atoms with Crippen LogP contribution in [0.25, 0.3) is 11.1 Å². The van der Waals surface area contributed by atoms with Crippen LogP contribution >= 0.6 is 15.9 Å². The Morgan fingerprint density at radius 3 is 2.76 bits per heavy atom. The number of hydrogen-bond donors (Lipinski definition) is 0. The summed E-state index contributed by atoms with van der Waals surface area (Å²) >= 11 is 3.65. The minimum Gasteiger partial charge on any atom is -0.252 e. The van der Waals surface area contributed by atoms with E-state index in [4.69, 9.17) is 4.99 Å². The van der Waals surface area contributed by atoms with Crippen LogP contribution in [0.15, 0.2) is 58.5 Å². The van der Waals surface area contributed by atoms with Crippen LogP contribution in [-0.4, -0.2) is 15.7 Å². The Hall–Kier alpha value is -2.07. The molecule has 2 heterocycles. The lowest BCUT2D eigenvalue weighted by Crippen LogP contribution is -2.12. The van der Waals surface area contributed by atoms with Gasteiger partial charge in [0.25, 0.3) is 0 Å². The standard InChI is InChI=1S/C17H12BrN3/c1-10-5-11(12-7-19-9-20-8-12)6-13-16-14(18)3-2-4-15(16)21-17(10)13/h2-10H,1H3. The maximum atomic E-state index is 4.79. The van der Waals surface area contributed by atoms with Gasteiger partial charge in [0, 0.05) is 39.5 Å². The first-order valence-corrected chi connectivity index (χ1v) is 7.60. The largest absolute Gasteiger partial charge is 0.252 e. The molecule has 4 heteroatoms. The third-order valence-electron chi connectivity index (χ3n) is 3.83. The van der Waals surface area contributed by atoms with E-state index >= 15 is 0 Å². The van der Waals surface area contributed by atoms with Crippen LogP contribution in [-0.2, 0) is 0 Å². The van der Waals surface area contributed by atoms with E-state index in [9.17, 15) is 0 Å². The van der Waals surface area contributed by atoms with Gasteiger partial charge >= 0.3 is 0 Å². The number of nitrogens with zero attached hydrogens (tertiary/aromatic N) is 3. The van der Waals surface area contributed by atoms with E-state index < -0.39 is 0 Å². The summed E-state index contributed by atoms with van der Waals surface area (Å²) in [6, 6.07) is 6.14. The van der Waals surface area contributed by atoms with Crippen LogP contribution in [0, 0.1) is 5.92 Å². The molecule has 0 radical (unpaired) electrons. The molecule has 21 heavy (non-hydrogen) atoms. The highest BCUT2D eigenvalue weighted by Gasteiger charge is 2.29. The molecule has 3 nitrogen and oxygen atoms in total. The number of fused-ring (bicyclic) bond motifs is 3. The van der Waals surface area contributed by atoms with Gasteiger partial charge in [-0.15, -0.1) is 0 Å². The molecule has 2 aliphatic rings. The van der Waals surface area contributed by atoms with Gasteiger partial charge in [-0.05, 0) is 23.8 Å². The lowest BCUT2D eigenvalue weighted by molar-refractivity contribution is 1.01. The first-order valence-electron chi connectivity index (χ1n) is 6.81. The average Bonchev–Trinajstić information content (AvgIpc) is 2.89. The summed E-state index contributed by atoms with van der Waals surface area (Å²) in [5.41, 5.74) is 6.75. The van der Waals surface area contributed by atoms with Crippen molar-refractivity contribution in [2.75, 3.05) is 0 Å². The minimum atomic E-state index is 0.277. The van der Waals surface area contributed by atoms with Crippen molar-refractivity contribution in [1.82, 2.24) is 9.97 Å². The van der Waals surface area contributed by atoms with Gasteiger partial charge in [0.1, 0.15) is 6.33 Å². The molecule has 0 saturated heterocycles. The maximum Gasteiger partial charge on any atom is 0.115 e. The third kappa shape index (κ3) is 1.98. The number of allylic oxidation sites excluding steroid dienone is 4. The zero-order valence-electron chi connectivity index (χ0n) is 11.4. The van der Waals surface area contributed by atoms with Gasteiger partial charge in [0.05, 0.1) is 11.4 Å². The summed E-state index contributed by atoms with van der Waals surface area (Å²) in [6.45, 7) is 2.18. The monoisotopic (exact) mass is 337 g/mol. The molecule has 1 aromatic carbocycles. The molecule has 1 aromatic heterocycles. The van der Waals surface area contributed by atoms with E-state index in [1.54, 1.807) is 6.33 Å². The zero-order valence-corrected chi connectivity index (χ0v) is 13.0. The number of aliphatic imine (C=N–C) groups is 1. The van der Waals surface area contributed by atoms with Crippen LogP contribution in [0.4, 0.5) is 5.69 Å². The first-order chi connectivity index (χ1) is 10.2. The Balaban J connectivity index is 1.89. The van der Waals surface area contributed by atoms with E-state index in [1.807, 2.05) is 18.5 Å². The number of aromatic nitrogens is 2. The number of rotatable bonds is 1. The van der Waals surface area contributed by atoms with E-state index in [0.29, 0.717) is 0 Å². The van der Waals surface area contributed by atoms with Crippen LogP contribution in [0.3, 0.4) is 0 Å². The quantitative estimate of drug-likeness (QED) is 0.771. The summed E-state index contributed by atoms with van der Waals surface area (Å²) in [5.74, 6) is 0.277. The topological polar surface area (TPSA) is 38.1 Å². The lowest BCUT2D eigenvalue weighted by atomic mass is 9.86. The summed E-state index contributed by atoms with van der Waals surface area (Å²) in [6.07, 6.45) is 9.66.